The van der Waals surface area contributed by atoms with Crippen molar-refractivity contribution in [2.24, 2.45) is 11.8 Å². The highest BCUT2D eigenvalue weighted by molar-refractivity contribution is 5.00. The van der Waals surface area contributed by atoms with Gasteiger partial charge in [0.15, 0.2) is 0 Å². The molecule has 0 radical (unpaired) electrons. The summed E-state index contributed by atoms with van der Waals surface area (Å²) in [6, 6.07) is 2.20. The van der Waals surface area contributed by atoms with Crippen LogP contribution in [0.5, 0.6) is 0 Å². The maximum Gasteiger partial charge on any atom is 0.0492 e. The third-order valence-electron chi connectivity index (χ3n) is 3.92. The number of aromatic nitrogens is 2. The number of nitrogens with zero attached hydrogens (tertiary/aromatic N) is 2. The summed E-state index contributed by atoms with van der Waals surface area (Å²) in [4.78, 5) is 0. The number of aryl methyl sites for hydroxylation is 2. The van der Waals surface area contributed by atoms with E-state index in [1.807, 2.05) is 6.20 Å². The van der Waals surface area contributed by atoms with Crippen molar-refractivity contribution >= 4 is 0 Å². The summed E-state index contributed by atoms with van der Waals surface area (Å²) in [6.07, 6.45) is 12.5. The van der Waals surface area contributed by atoms with Gasteiger partial charge in [-0.3, -0.25) is 4.68 Å². The van der Waals surface area contributed by atoms with Crippen molar-refractivity contribution in [3.8, 4) is 0 Å². The summed E-state index contributed by atoms with van der Waals surface area (Å²) in [6.45, 7) is 10.3. The van der Waals surface area contributed by atoms with E-state index in [9.17, 15) is 0 Å². The molecule has 0 unspecified atom stereocenters. The predicted molar refractivity (Wildman–Crippen MR) is 87.9 cm³/mol. The molecule has 0 saturated heterocycles. The second-order valence-electron chi connectivity index (χ2n) is 6.93. The third-order valence-corrected chi connectivity index (χ3v) is 3.92. The molecule has 0 spiro atoms. The highest BCUT2D eigenvalue weighted by atomic mass is 15.3. The minimum Gasteiger partial charge on any atom is -0.270 e. The van der Waals surface area contributed by atoms with Gasteiger partial charge in [0.2, 0.25) is 0 Å². The molecule has 0 aromatic carbocycles. The molecule has 0 N–H and O–H groups in total. The zero-order valence-electron chi connectivity index (χ0n) is 14.1. The summed E-state index contributed by atoms with van der Waals surface area (Å²) >= 11 is 0. The maximum absolute atomic E-state index is 4.48. The first-order valence-electron chi connectivity index (χ1n) is 8.60. The van der Waals surface area contributed by atoms with E-state index >= 15 is 0 Å². The van der Waals surface area contributed by atoms with Crippen LogP contribution in [0.2, 0.25) is 0 Å². The summed E-state index contributed by atoms with van der Waals surface area (Å²) in [7, 11) is 0. The Morgan fingerprint density at radius 3 is 2.20 bits per heavy atom. The van der Waals surface area contributed by atoms with E-state index in [1.165, 1.54) is 57.1 Å². The first-order valence-corrected chi connectivity index (χ1v) is 8.60. The lowest BCUT2D eigenvalue weighted by Gasteiger charge is -2.09. The van der Waals surface area contributed by atoms with Gasteiger partial charge in [0.1, 0.15) is 0 Å². The molecule has 1 aromatic heterocycles. The predicted octanol–water partition coefficient (Wildman–Crippen LogP) is 5.47. The minimum absolute atomic E-state index is 0.834. The van der Waals surface area contributed by atoms with Crippen molar-refractivity contribution < 1.29 is 0 Å². The van der Waals surface area contributed by atoms with E-state index in [2.05, 4.69) is 43.5 Å². The van der Waals surface area contributed by atoms with Crippen molar-refractivity contribution in [3.05, 3.63) is 18.0 Å². The first kappa shape index (κ1) is 17.3. The molecule has 0 aliphatic heterocycles. The molecule has 1 aromatic rings. The van der Waals surface area contributed by atoms with Crippen LogP contribution in [0.4, 0.5) is 0 Å². The largest absolute Gasteiger partial charge is 0.270 e. The highest BCUT2D eigenvalue weighted by Gasteiger charge is 2.03. The van der Waals surface area contributed by atoms with Crippen LogP contribution >= 0.6 is 0 Å². The molecule has 0 saturated carbocycles. The Morgan fingerprint density at radius 2 is 1.55 bits per heavy atom. The molecule has 0 amide bonds. The van der Waals surface area contributed by atoms with Crippen molar-refractivity contribution in [2.45, 2.75) is 85.6 Å². The smallest absolute Gasteiger partial charge is 0.0492 e. The van der Waals surface area contributed by atoms with Gasteiger partial charge in [-0.15, -0.1) is 0 Å². The van der Waals surface area contributed by atoms with Crippen LogP contribution in [-0.2, 0) is 13.0 Å². The molecule has 2 nitrogen and oxygen atoms in total. The molecule has 1 heterocycles. The third kappa shape index (κ3) is 7.72. The fourth-order valence-electron chi connectivity index (χ4n) is 2.62. The second-order valence-corrected chi connectivity index (χ2v) is 6.93. The van der Waals surface area contributed by atoms with E-state index in [1.54, 1.807) is 0 Å². The van der Waals surface area contributed by atoms with Gasteiger partial charge in [0, 0.05) is 18.4 Å². The summed E-state index contributed by atoms with van der Waals surface area (Å²) < 4.78 is 2.23. The first-order chi connectivity index (χ1) is 9.59. The van der Waals surface area contributed by atoms with Crippen LogP contribution in [0.15, 0.2) is 12.3 Å². The lowest BCUT2D eigenvalue weighted by Crippen LogP contribution is -2.05. The van der Waals surface area contributed by atoms with Crippen LogP contribution < -0.4 is 0 Å². The van der Waals surface area contributed by atoms with Gasteiger partial charge in [-0.1, -0.05) is 59.8 Å². The average molecular weight is 278 g/mol. The van der Waals surface area contributed by atoms with Crippen LogP contribution in [0.25, 0.3) is 0 Å². The van der Waals surface area contributed by atoms with Gasteiger partial charge in [0.25, 0.3) is 0 Å². The molecule has 116 valence electrons. The van der Waals surface area contributed by atoms with Crippen LogP contribution in [0.3, 0.4) is 0 Å². The zero-order chi connectivity index (χ0) is 14.8. The Hall–Kier alpha value is -0.790. The van der Waals surface area contributed by atoms with Crippen molar-refractivity contribution in [1.29, 1.82) is 0 Å². The van der Waals surface area contributed by atoms with Gasteiger partial charge >= 0.3 is 0 Å². The van der Waals surface area contributed by atoms with Crippen molar-refractivity contribution in [2.75, 3.05) is 0 Å². The molecular formula is C18H34N2. The van der Waals surface area contributed by atoms with Crippen LogP contribution in [-0.4, -0.2) is 9.78 Å². The Morgan fingerprint density at radius 1 is 0.900 bits per heavy atom. The van der Waals surface area contributed by atoms with Gasteiger partial charge in [0.05, 0.1) is 0 Å². The number of hydrogen-bond donors (Lipinski definition) is 0. The lowest BCUT2D eigenvalue weighted by atomic mass is 10.0. The molecule has 0 fully saturated rings. The Bertz CT molecular complexity index is 339. The topological polar surface area (TPSA) is 17.8 Å². The fourth-order valence-corrected chi connectivity index (χ4v) is 2.62. The van der Waals surface area contributed by atoms with E-state index in [0.717, 1.165) is 18.4 Å². The van der Waals surface area contributed by atoms with Crippen LogP contribution in [0.1, 0.15) is 78.3 Å². The van der Waals surface area contributed by atoms with Gasteiger partial charge in [-0.05, 0) is 37.2 Å². The maximum atomic E-state index is 4.48. The minimum atomic E-state index is 0.834. The molecule has 0 bridgehead atoms. The number of unbranched alkanes of at least 4 members (excludes halogenated alkanes) is 3. The van der Waals surface area contributed by atoms with E-state index in [4.69, 9.17) is 0 Å². The Labute approximate surface area is 126 Å². The van der Waals surface area contributed by atoms with Gasteiger partial charge in [-0.2, -0.15) is 5.10 Å². The molecule has 0 aliphatic rings. The highest BCUT2D eigenvalue weighted by Crippen LogP contribution is 2.12. The zero-order valence-corrected chi connectivity index (χ0v) is 14.1. The summed E-state index contributed by atoms with van der Waals surface area (Å²) in [5.74, 6) is 1.68. The molecule has 0 aliphatic carbocycles. The second kappa shape index (κ2) is 10.0. The molecule has 2 heteroatoms. The molecule has 1 rings (SSSR count). The van der Waals surface area contributed by atoms with Crippen molar-refractivity contribution in [1.82, 2.24) is 9.78 Å². The summed E-state index contributed by atoms with van der Waals surface area (Å²) in [5.41, 5.74) is 1.43. The number of rotatable bonds is 11. The molecule has 0 atom stereocenters. The average Bonchev–Trinajstić information content (AvgIpc) is 2.81. The summed E-state index contributed by atoms with van der Waals surface area (Å²) in [5, 5.41) is 4.48. The molecular weight excluding hydrogens is 244 g/mol. The lowest BCUT2D eigenvalue weighted by molar-refractivity contribution is 0.480. The fraction of sp³-hybridized carbons (Fsp3) is 0.833. The monoisotopic (exact) mass is 278 g/mol. The quantitative estimate of drug-likeness (QED) is 0.491. The van der Waals surface area contributed by atoms with E-state index in [0.29, 0.717) is 0 Å². The van der Waals surface area contributed by atoms with E-state index < -0.39 is 0 Å². The Balaban J connectivity index is 2.18. The van der Waals surface area contributed by atoms with Crippen molar-refractivity contribution in [3.63, 3.8) is 0 Å². The standard InChI is InChI=1S/C18H34N2/c1-16(2)10-6-5-9-15-20-18(13-14-19-20)12-8-7-11-17(3)4/h13-14,16-17H,5-12,15H2,1-4H3. The normalized spacial score (nSPS) is 11.7. The van der Waals surface area contributed by atoms with E-state index in [-0.39, 0.29) is 0 Å². The SMILES string of the molecule is CC(C)CCCCCn1nccc1CCCCC(C)C. The number of hydrogen-bond acceptors (Lipinski definition) is 1. The Kier molecular flexibility index (Phi) is 8.64. The van der Waals surface area contributed by atoms with Crippen LogP contribution in [0, 0.1) is 11.8 Å². The van der Waals surface area contributed by atoms with Gasteiger partial charge in [-0.25, -0.2) is 0 Å². The molecule has 20 heavy (non-hydrogen) atoms. The van der Waals surface area contributed by atoms with Gasteiger partial charge < -0.3 is 0 Å².